The predicted molar refractivity (Wildman–Crippen MR) is 145 cm³/mol. The average Bonchev–Trinajstić information content (AvgIpc) is 3.41. The second kappa shape index (κ2) is 11.9. The number of likely N-dealkylation sites (N-methyl/N-ethyl adjacent to an activating group) is 1. The fraction of sp³-hybridized carbons (Fsp3) is 0.321. The van der Waals surface area contributed by atoms with Gasteiger partial charge in [-0.2, -0.15) is 0 Å². The van der Waals surface area contributed by atoms with Gasteiger partial charge >= 0.3 is 0 Å². The van der Waals surface area contributed by atoms with Gasteiger partial charge in [0.2, 0.25) is 11.8 Å². The lowest BCUT2D eigenvalue weighted by atomic mass is 10.0. The van der Waals surface area contributed by atoms with Crippen LogP contribution < -0.4 is 4.90 Å². The third-order valence-corrected chi connectivity index (χ3v) is 7.41. The Morgan fingerprint density at radius 2 is 1.72 bits per heavy atom. The maximum atomic E-state index is 13.5. The van der Waals surface area contributed by atoms with Gasteiger partial charge in [0.05, 0.1) is 16.1 Å². The van der Waals surface area contributed by atoms with Gasteiger partial charge in [-0.05, 0) is 66.9 Å². The van der Waals surface area contributed by atoms with Gasteiger partial charge in [0.1, 0.15) is 6.54 Å². The molecule has 1 aliphatic heterocycles. The molecule has 0 saturated carbocycles. The quantitative estimate of drug-likeness (QED) is 0.379. The monoisotopic (exact) mass is 524 g/mol. The summed E-state index contributed by atoms with van der Waals surface area (Å²) in [5.41, 5.74) is 3.70. The molecule has 1 fully saturated rings. The molecule has 0 aliphatic carbocycles. The Hall–Kier alpha value is -2.93. The van der Waals surface area contributed by atoms with Crippen LogP contribution in [0.5, 0.6) is 0 Å². The molecule has 2 aromatic carbocycles. The molecule has 8 heteroatoms. The largest absolute Gasteiger partial charge is 0.336 e. The molecule has 1 aromatic heterocycles. The van der Waals surface area contributed by atoms with Gasteiger partial charge in [0.25, 0.3) is 0 Å². The van der Waals surface area contributed by atoms with Crippen LogP contribution in [0.1, 0.15) is 31.4 Å². The van der Waals surface area contributed by atoms with Gasteiger partial charge in [-0.15, -0.1) is 0 Å². The summed E-state index contributed by atoms with van der Waals surface area (Å²) in [6.45, 7) is 4.13. The molecule has 1 aliphatic rings. The van der Waals surface area contributed by atoms with Crippen LogP contribution in [0.4, 0.5) is 5.69 Å². The van der Waals surface area contributed by atoms with Crippen molar-refractivity contribution in [1.29, 1.82) is 0 Å². The normalized spacial score (nSPS) is 14.4. The Kier molecular flexibility index (Phi) is 8.62. The highest BCUT2D eigenvalue weighted by Crippen LogP contribution is 2.29. The molecular weight excluding hydrogens is 495 g/mol. The molecule has 36 heavy (non-hydrogen) atoms. The molecule has 188 valence electrons. The number of aromatic nitrogens is 1. The molecule has 0 N–H and O–H groups in total. The first-order chi connectivity index (χ1) is 17.3. The summed E-state index contributed by atoms with van der Waals surface area (Å²) in [5.74, 6) is -0.399. The van der Waals surface area contributed by atoms with E-state index in [9.17, 15) is 9.59 Å². The maximum Gasteiger partial charge on any atom is 0.242 e. The van der Waals surface area contributed by atoms with E-state index in [4.69, 9.17) is 23.2 Å². The SMILES string of the molecule is CC(=O)N(CC(=O)N(C)C(CN1CCCC1)c1ccc(-c2cccnc2)cc1)c1ccc(Cl)c(Cl)c1. The first kappa shape index (κ1) is 26.1. The molecule has 1 atom stereocenters. The molecule has 0 spiro atoms. The first-order valence-electron chi connectivity index (χ1n) is 12.0. The van der Waals surface area contributed by atoms with Crippen LogP contribution in [0.15, 0.2) is 67.0 Å². The molecule has 6 nitrogen and oxygen atoms in total. The van der Waals surface area contributed by atoms with E-state index in [1.54, 1.807) is 29.3 Å². The van der Waals surface area contributed by atoms with E-state index < -0.39 is 0 Å². The van der Waals surface area contributed by atoms with Crippen molar-refractivity contribution in [2.45, 2.75) is 25.8 Å². The molecule has 0 bridgehead atoms. The lowest BCUT2D eigenvalue weighted by Crippen LogP contribution is -2.44. The number of rotatable bonds is 8. The zero-order valence-corrected chi connectivity index (χ0v) is 22.0. The maximum absolute atomic E-state index is 13.5. The van der Waals surface area contributed by atoms with Gasteiger partial charge in [0, 0.05) is 38.6 Å². The summed E-state index contributed by atoms with van der Waals surface area (Å²) in [6, 6.07) is 17.0. The van der Waals surface area contributed by atoms with Crippen LogP contribution in [0.3, 0.4) is 0 Å². The third-order valence-electron chi connectivity index (χ3n) is 6.67. The molecule has 2 heterocycles. The van der Waals surface area contributed by atoms with Crippen LogP contribution in [-0.2, 0) is 9.59 Å². The fourth-order valence-corrected chi connectivity index (χ4v) is 4.84. The van der Waals surface area contributed by atoms with Crippen molar-refractivity contribution in [3.05, 3.63) is 82.6 Å². The van der Waals surface area contributed by atoms with Gasteiger partial charge in [-0.1, -0.05) is 53.5 Å². The summed E-state index contributed by atoms with van der Waals surface area (Å²) in [4.78, 5) is 35.7. The summed E-state index contributed by atoms with van der Waals surface area (Å²) in [5, 5.41) is 0.731. The van der Waals surface area contributed by atoms with E-state index in [1.807, 2.05) is 25.4 Å². The number of hydrogen-bond donors (Lipinski definition) is 0. The standard InChI is InChI=1S/C28H30Cl2N4O2/c1-20(35)34(24-11-12-25(29)26(30)16-24)19-28(36)32(2)27(18-33-14-3-4-15-33)22-9-7-21(8-10-22)23-6-5-13-31-17-23/h5-13,16-17,27H,3-4,14-15,18-19H2,1-2H3. The number of nitrogens with zero attached hydrogens (tertiary/aromatic N) is 4. The van der Waals surface area contributed by atoms with Crippen LogP contribution in [0.2, 0.25) is 10.0 Å². The highest BCUT2D eigenvalue weighted by Gasteiger charge is 2.28. The van der Waals surface area contributed by atoms with Crippen molar-refractivity contribution >= 4 is 40.7 Å². The van der Waals surface area contributed by atoms with Crippen LogP contribution in [0.25, 0.3) is 11.1 Å². The molecule has 1 unspecified atom stereocenters. The Bertz CT molecular complexity index is 1200. The van der Waals surface area contributed by atoms with Crippen molar-refractivity contribution in [3.8, 4) is 11.1 Å². The highest BCUT2D eigenvalue weighted by molar-refractivity contribution is 6.42. The second-order valence-corrected chi connectivity index (χ2v) is 9.91. The van der Waals surface area contributed by atoms with E-state index in [1.165, 1.54) is 24.7 Å². The van der Waals surface area contributed by atoms with Crippen LogP contribution in [-0.4, -0.2) is 59.8 Å². The van der Waals surface area contributed by atoms with Crippen molar-refractivity contribution in [2.24, 2.45) is 0 Å². The van der Waals surface area contributed by atoms with Crippen LogP contribution in [0, 0.1) is 0 Å². The summed E-state index contributed by atoms with van der Waals surface area (Å²) < 4.78 is 0. The minimum absolute atomic E-state index is 0.0892. The zero-order chi connectivity index (χ0) is 25.7. The number of benzene rings is 2. The highest BCUT2D eigenvalue weighted by atomic mass is 35.5. The lowest BCUT2D eigenvalue weighted by Gasteiger charge is -2.33. The predicted octanol–water partition coefficient (Wildman–Crippen LogP) is 5.70. The van der Waals surface area contributed by atoms with Crippen molar-refractivity contribution in [3.63, 3.8) is 0 Å². The van der Waals surface area contributed by atoms with E-state index in [2.05, 4.69) is 34.1 Å². The van der Waals surface area contributed by atoms with E-state index in [-0.39, 0.29) is 24.4 Å². The minimum atomic E-state index is -0.243. The number of carbonyl (C=O) groups is 2. The first-order valence-corrected chi connectivity index (χ1v) is 12.8. The van der Waals surface area contributed by atoms with E-state index in [0.29, 0.717) is 15.7 Å². The molecular formula is C28H30Cl2N4O2. The number of halogens is 2. The molecule has 2 amide bonds. The topological polar surface area (TPSA) is 56.8 Å². The minimum Gasteiger partial charge on any atom is -0.336 e. The number of likely N-dealkylation sites (tertiary alicyclic amines) is 1. The Balaban J connectivity index is 1.57. The van der Waals surface area contributed by atoms with Crippen LogP contribution >= 0.6 is 23.2 Å². The fourth-order valence-electron chi connectivity index (χ4n) is 4.55. The number of amides is 2. The van der Waals surface area contributed by atoms with E-state index in [0.717, 1.165) is 36.3 Å². The number of pyridine rings is 1. The molecule has 3 aromatic rings. The van der Waals surface area contributed by atoms with Gasteiger partial charge < -0.3 is 14.7 Å². The summed E-state index contributed by atoms with van der Waals surface area (Å²) in [7, 11) is 1.81. The summed E-state index contributed by atoms with van der Waals surface area (Å²) in [6.07, 6.45) is 5.93. The van der Waals surface area contributed by atoms with Gasteiger partial charge in [-0.25, -0.2) is 0 Å². The Labute approximate surface area is 222 Å². The van der Waals surface area contributed by atoms with Gasteiger partial charge in [-0.3, -0.25) is 14.6 Å². The van der Waals surface area contributed by atoms with Crippen molar-refractivity contribution in [2.75, 3.05) is 38.1 Å². The average molecular weight is 525 g/mol. The molecule has 4 rings (SSSR count). The molecule has 0 radical (unpaired) electrons. The number of hydrogen-bond acceptors (Lipinski definition) is 4. The Morgan fingerprint density at radius 1 is 1.00 bits per heavy atom. The smallest absolute Gasteiger partial charge is 0.242 e. The number of anilines is 1. The number of carbonyl (C=O) groups excluding carboxylic acids is 2. The third kappa shape index (κ3) is 6.25. The molecule has 1 saturated heterocycles. The van der Waals surface area contributed by atoms with Crippen molar-refractivity contribution < 1.29 is 9.59 Å². The van der Waals surface area contributed by atoms with Gasteiger partial charge in [0.15, 0.2) is 0 Å². The Morgan fingerprint density at radius 3 is 2.33 bits per heavy atom. The summed E-state index contributed by atoms with van der Waals surface area (Å²) >= 11 is 12.2. The zero-order valence-electron chi connectivity index (χ0n) is 20.5. The van der Waals surface area contributed by atoms with E-state index >= 15 is 0 Å². The van der Waals surface area contributed by atoms with Crippen molar-refractivity contribution in [1.82, 2.24) is 14.8 Å². The second-order valence-electron chi connectivity index (χ2n) is 9.10. The lowest BCUT2D eigenvalue weighted by molar-refractivity contribution is -0.132.